The molecule has 0 aromatic rings. The van der Waals surface area contributed by atoms with Crippen molar-refractivity contribution in [1.29, 1.82) is 0 Å². The largest absolute Gasteiger partial charge is 0.299 e. The second kappa shape index (κ2) is 7.63. The molecule has 0 amide bonds. The molecule has 2 nitrogen and oxygen atoms in total. The zero-order chi connectivity index (χ0) is 11.8. The van der Waals surface area contributed by atoms with Gasteiger partial charge in [-0.25, -0.2) is 0 Å². The molecule has 0 saturated carbocycles. The number of hydrogen-bond acceptors (Lipinski definition) is 2. The van der Waals surface area contributed by atoms with Gasteiger partial charge in [0.1, 0.15) is 0 Å². The second-order valence-electron chi connectivity index (χ2n) is 4.22. The van der Waals surface area contributed by atoms with E-state index in [4.69, 9.17) is 0 Å². The Hall–Kier alpha value is -0.630. The van der Waals surface area contributed by atoms with Crippen LogP contribution in [0.3, 0.4) is 0 Å². The van der Waals surface area contributed by atoms with Crippen LogP contribution in [0.4, 0.5) is 0 Å². The second-order valence-corrected chi connectivity index (χ2v) is 4.22. The molecule has 0 saturated heterocycles. The van der Waals surface area contributed by atoms with Crippen LogP contribution in [-0.4, -0.2) is 18.9 Å². The summed E-state index contributed by atoms with van der Waals surface area (Å²) in [6, 6.07) is 0. The fourth-order valence-electron chi connectivity index (χ4n) is 1.39. The zero-order valence-corrected chi connectivity index (χ0v) is 11.0. The van der Waals surface area contributed by atoms with Gasteiger partial charge in [0.15, 0.2) is 0 Å². The highest BCUT2D eigenvalue weighted by atomic mass is 15.0. The maximum Gasteiger partial charge on any atom is 0.0962 e. The minimum atomic E-state index is 0.217. The predicted octanol–water partition coefficient (Wildman–Crippen LogP) is 3.25. The third kappa shape index (κ3) is 5.73. The van der Waals surface area contributed by atoms with Crippen LogP contribution in [0, 0.1) is 11.8 Å². The van der Waals surface area contributed by atoms with Gasteiger partial charge in [-0.05, 0) is 39.2 Å². The Morgan fingerprint density at radius 2 is 1.93 bits per heavy atom. The van der Waals surface area contributed by atoms with Gasteiger partial charge in [0.05, 0.1) is 6.17 Å². The van der Waals surface area contributed by atoms with Crippen molar-refractivity contribution in [2.24, 2.45) is 16.8 Å². The minimum absolute atomic E-state index is 0.217. The summed E-state index contributed by atoms with van der Waals surface area (Å²) in [6.07, 6.45) is 5.85. The van der Waals surface area contributed by atoms with Gasteiger partial charge in [0, 0.05) is 5.71 Å². The normalized spacial score (nSPS) is 19.2. The highest BCUT2D eigenvalue weighted by molar-refractivity contribution is 5.84. The lowest BCUT2D eigenvalue weighted by molar-refractivity contribution is 0.569. The van der Waals surface area contributed by atoms with E-state index >= 15 is 0 Å². The van der Waals surface area contributed by atoms with E-state index in [9.17, 15) is 0 Å². The lowest BCUT2D eigenvalue weighted by Crippen LogP contribution is -2.23. The highest BCUT2D eigenvalue weighted by Gasteiger charge is 2.12. The van der Waals surface area contributed by atoms with Crippen molar-refractivity contribution in [1.82, 2.24) is 5.32 Å². The van der Waals surface area contributed by atoms with Crippen molar-refractivity contribution in [2.75, 3.05) is 7.05 Å². The third-order valence-corrected chi connectivity index (χ3v) is 2.94. The number of nitrogens with zero attached hydrogens (tertiary/aromatic N) is 1. The standard InChI is InChI=1S/C13H26N2/c1-7-8-9-10(2)11(3)12(4)15-13(5)14-6/h8-11,13-14H,7H2,1-6H3/b9-8-,15-12+/t10-,11+,13+/m1/s1. The van der Waals surface area contributed by atoms with Crippen LogP contribution >= 0.6 is 0 Å². The van der Waals surface area contributed by atoms with E-state index in [0.29, 0.717) is 11.8 Å². The van der Waals surface area contributed by atoms with Gasteiger partial charge < -0.3 is 0 Å². The first-order valence-electron chi connectivity index (χ1n) is 5.91. The van der Waals surface area contributed by atoms with Crippen molar-refractivity contribution in [2.45, 2.75) is 47.2 Å². The third-order valence-electron chi connectivity index (χ3n) is 2.94. The molecule has 0 aromatic heterocycles. The smallest absolute Gasteiger partial charge is 0.0962 e. The van der Waals surface area contributed by atoms with Crippen molar-refractivity contribution in [3.05, 3.63) is 12.2 Å². The molecule has 0 aliphatic carbocycles. The Kier molecular flexibility index (Phi) is 7.31. The molecule has 3 atom stereocenters. The maximum absolute atomic E-state index is 4.60. The molecule has 88 valence electrons. The number of nitrogens with one attached hydrogen (secondary N) is 1. The van der Waals surface area contributed by atoms with Crippen LogP contribution in [0.2, 0.25) is 0 Å². The van der Waals surface area contributed by atoms with Gasteiger partial charge in [-0.15, -0.1) is 0 Å². The quantitative estimate of drug-likeness (QED) is 0.528. The Morgan fingerprint density at radius 1 is 1.33 bits per heavy atom. The molecule has 1 N–H and O–H groups in total. The van der Waals surface area contributed by atoms with Gasteiger partial charge in [-0.1, -0.05) is 32.9 Å². The lowest BCUT2D eigenvalue weighted by Gasteiger charge is -2.18. The fraction of sp³-hybridized carbons (Fsp3) is 0.769. The summed E-state index contributed by atoms with van der Waals surface area (Å²) in [7, 11) is 1.94. The first-order chi connectivity index (χ1) is 7.02. The molecule has 0 radical (unpaired) electrons. The Bertz CT molecular complexity index is 219. The molecule has 0 unspecified atom stereocenters. The van der Waals surface area contributed by atoms with E-state index in [1.807, 2.05) is 7.05 Å². The van der Waals surface area contributed by atoms with Crippen molar-refractivity contribution in [3.63, 3.8) is 0 Å². The van der Waals surface area contributed by atoms with Crippen molar-refractivity contribution in [3.8, 4) is 0 Å². The molecule has 0 rings (SSSR count). The number of allylic oxidation sites excluding steroid dienone is 2. The minimum Gasteiger partial charge on any atom is -0.299 e. The summed E-state index contributed by atoms with van der Waals surface area (Å²) < 4.78 is 0. The maximum atomic E-state index is 4.60. The molecule has 0 aliphatic heterocycles. The van der Waals surface area contributed by atoms with E-state index in [0.717, 1.165) is 6.42 Å². The summed E-state index contributed by atoms with van der Waals surface area (Å²) in [4.78, 5) is 4.60. The van der Waals surface area contributed by atoms with Gasteiger partial charge in [0.2, 0.25) is 0 Å². The number of hydrogen-bond donors (Lipinski definition) is 1. The lowest BCUT2D eigenvalue weighted by atomic mass is 9.91. The topological polar surface area (TPSA) is 24.4 Å². The first kappa shape index (κ1) is 14.4. The van der Waals surface area contributed by atoms with Gasteiger partial charge in [-0.2, -0.15) is 0 Å². The summed E-state index contributed by atoms with van der Waals surface area (Å²) >= 11 is 0. The van der Waals surface area contributed by atoms with Crippen LogP contribution in [0.15, 0.2) is 17.1 Å². The van der Waals surface area contributed by atoms with E-state index in [1.165, 1.54) is 5.71 Å². The van der Waals surface area contributed by atoms with E-state index in [2.05, 4.69) is 57.1 Å². The van der Waals surface area contributed by atoms with Crippen LogP contribution in [0.25, 0.3) is 0 Å². The molecular weight excluding hydrogens is 184 g/mol. The molecule has 2 heteroatoms. The molecule has 0 fully saturated rings. The molecule has 0 aromatic carbocycles. The molecule has 0 aliphatic rings. The Morgan fingerprint density at radius 3 is 2.40 bits per heavy atom. The van der Waals surface area contributed by atoms with E-state index in [-0.39, 0.29) is 6.17 Å². The molecular formula is C13H26N2. The summed E-state index contributed by atoms with van der Waals surface area (Å²) in [6.45, 7) is 10.8. The molecule has 0 heterocycles. The van der Waals surface area contributed by atoms with Crippen molar-refractivity contribution >= 4 is 5.71 Å². The average molecular weight is 210 g/mol. The van der Waals surface area contributed by atoms with Gasteiger partial charge in [-0.3, -0.25) is 10.3 Å². The summed E-state index contributed by atoms with van der Waals surface area (Å²) in [5.41, 5.74) is 1.23. The molecule has 0 bridgehead atoms. The van der Waals surface area contributed by atoms with Crippen molar-refractivity contribution < 1.29 is 0 Å². The monoisotopic (exact) mass is 210 g/mol. The Balaban J connectivity index is 4.35. The van der Waals surface area contributed by atoms with Crippen LogP contribution < -0.4 is 5.32 Å². The van der Waals surface area contributed by atoms with Gasteiger partial charge in [0.25, 0.3) is 0 Å². The summed E-state index contributed by atoms with van der Waals surface area (Å²) in [5.74, 6) is 1.08. The van der Waals surface area contributed by atoms with Gasteiger partial charge >= 0.3 is 0 Å². The highest BCUT2D eigenvalue weighted by Crippen LogP contribution is 2.15. The SMILES string of the molecule is CC/C=C\[C@@H](C)[C@H](C)/C(C)=N/[C@@H](C)NC. The van der Waals surface area contributed by atoms with Crippen LogP contribution in [-0.2, 0) is 0 Å². The average Bonchev–Trinajstić information content (AvgIpc) is 2.24. The van der Waals surface area contributed by atoms with Crippen LogP contribution in [0.1, 0.15) is 41.0 Å². The van der Waals surface area contributed by atoms with E-state index < -0.39 is 0 Å². The molecule has 0 spiro atoms. The number of rotatable bonds is 6. The summed E-state index contributed by atoms with van der Waals surface area (Å²) in [5, 5.41) is 3.13. The number of aliphatic imine (C=N–C) groups is 1. The predicted molar refractivity (Wildman–Crippen MR) is 69.4 cm³/mol. The molecule has 15 heavy (non-hydrogen) atoms. The zero-order valence-electron chi connectivity index (χ0n) is 11.0. The fourth-order valence-corrected chi connectivity index (χ4v) is 1.39. The Labute approximate surface area is 94.9 Å². The van der Waals surface area contributed by atoms with E-state index in [1.54, 1.807) is 0 Å². The van der Waals surface area contributed by atoms with Crippen LogP contribution in [0.5, 0.6) is 0 Å². The first-order valence-corrected chi connectivity index (χ1v) is 5.91.